The largest absolute Gasteiger partial charge is 0.346 e. The summed E-state index contributed by atoms with van der Waals surface area (Å²) in [5, 5.41) is 0.230. The summed E-state index contributed by atoms with van der Waals surface area (Å²) in [6, 6.07) is 0.235. The second kappa shape index (κ2) is 3.77. The van der Waals surface area contributed by atoms with Crippen molar-refractivity contribution in [3.63, 3.8) is 0 Å². The summed E-state index contributed by atoms with van der Waals surface area (Å²) in [6.45, 7) is 4.47. The summed E-state index contributed by atoms with van der Waals surface area (Å²) in [6.07, 6.45) is 2.05. The van der Waals surface area contributed by atoms with E-state index in [0.29, 0.717) is 13.0 Å². The SMILES string of the molecule is CC(C)N1CC(=O)Cc2cnc(Cl)nc21. The van der Waals surface area contributed by atoms with Gasteiger partial charge in [0.2, 0.25) is 5.28 Å². The summed E-state index contributed by atoms with van der Waals surface area (Å²) in [5.41, 5.74) is 0.865. The van der Waals surface area contributed by atoms with Crippen molar-refractivity contribution in [3.05, 3.63) is 17.0 Å². The van der Waals surface area contributed by atoms with E-state index in [9.17, 15) is 4.79 Å². The number of carbonyl (C=O) groups excluding carboxylic acids is 1. The van der Waals surface area contributed by atoms with E-state index < -0.39 is 0 Å². The highest BCUT2D eigenvalue weighted by Gasteiger charge is 2.25. The molecular formula is C10H12ClN3O. The molecule has 1 aliphatic heterocycles. The van der Waals surface area contributed by atoms with Crippen LogP contribution in [0.3, 0.4) is 0 Å². The number of Topliss-reactive ketones (excluding diaryl/α,β-unsaturated/α-hetero) is 1. The number of hydrogen-bond donors (Lipinski definition) is 0. The monoisotopic (exact) mass is 225 g/mol. The van der Waals surface area contributed by atoms with Crippen molar-refractivity contribution < 1.29 is 4.79 Å². The number of rotatable bonds is 1. The molecular weight excluding hydrogens is 214 g/mol. The smallest absolute Gasteiger partial charge is 0.224 e. The minimum Gasteiger partial charge on any atom is -0.346 e. The van der Waals surface area contributed by atoms with E-state index in [1.54, 1.807) is 6.20 Å². The third-order valence-electron chi connectivity index (χ3n) is 2.44. The number of halogens is 1. The molecule has 0 aliphatic carbocycles. The van der Waals surface area contributed by atoms with Crippen LogP contribution >= 0.6 is 11.6 Å². The third kappa shape index (κ3) is 1.95. The first-order chi connectivity index (χ1) is 7.08. The van der Waals surface area contributed by atoms with Crippen molar-refractivity contribution >= 4 is 23.2 Å². The van der Waals surface area contributed by atoms with Crippen LogP contribution < -0.4 is 4.90 Å². The van der Waals surface area contributed by atoms with Crippen molar-refractivity contribution in [3.8, 4) is 0 Å². The molecule has 0 spiro atoms. The lowest BCUT2D eigenvalue weighted by molar-refractivity contribution is -0.117. The van der Waals surface area contributed by atoms with Crippen LogP contribution in [-0.4, -0.2) is 28.3 Å². The maximum absolute atomic E-state index is 11.5. The van der Waals surface area contributed by atoms with E-state index in [-0.39, 0.29) is 17.1 Å². The normalized spacial score (nSPS) is 15.7. The van der Waals surface area contributed by atoms with Gasteiger partial charge in [0.1, 0.15) is 5.82 Å². The van der Waals surface area contributed by atoms with Gasteiger partial charge in [-0.2, -0.15) is 0 Å². The molecule has 0 aromatic carbocycles. The molecule has 0 fully saturated rings. The number of anilines is 1. The summed E-state index contributed by atoms with van der Waals surface area (Å²) in [7, 11) is 0. The molecule has 0 atom stereocenters. The summed E-state index contributed by atoms with van der Waals surface area (Å²) < 4.78 is 0. The molecule has 2 rings (SSSR count). The third-order valence-corrected chi connectivity index (χ3v) is 2.62. The molecule has 1 aromatic heterocycles. The van der Waals surface area contributed by atoms with Crippen LogP contribution in [0.5, 0.6) is 0 Å². The van der Waals surface area contributed by atoms with Crippen LogP contribution in [0.15, 0.2) is 6.20 Å². The number of fused-ring (bicyclic) bond motifs is 1. The molecule has 80 valence electrons. The number of carbonyl (C=O) groups is 1. The van der Waals surface area contributed by atoms with Gasteiger partial charge in [-0.15, -0.1) is 0 Å². The molecule has 0 radical (unpaired) electrons. The fraction of sp³-hybridized carbons (Fsp3) is 0.500. The lowest BCUT2D eigenvalue weighted by Crippen LogP contribution is -2.41. The summed E-state index contributed by atoms with van der Waals surface area (Å²) in [5.74, 6) is 0.992. The molecule has 15 heavy (non-hydrogen) atoms. The molecule has 0 saturated carbocycles. The molecule has 0 saturated heterocycles. The Kier molecular flexibility index (Phi) is 2.61. The molecule has 2 heterocycles. The number of ketones is 1. The van der Waals surface area contributed by atoms with Crippen molar-refractivity contribution in [1.29, 1.82) is 0 Å². The quantitative estimate of drug-likeness (QED) is 0.679. The van der Waals surface area contributed by atoms with Gasteiger partial charge in [-0.3, -0.25) is 4.79 Å². The minimum absolute atomic E-state index is 0.196. The van der Waals surface area contributed by atoms with Gasteiger partial charge in [-0.1, -0.05) is 0 Å². The van der Waals surface area contributed by atoms with E-state index in [0.717, 1.165) is 11.4 Å². The van der Waals surface area contributed by atoms with E-state index in [2.05, 4.69) is 9.97 Å². The Morgan fingerprint density at radius 1 is 1.53 bits per heavy atom. The maximum Gasteiger partial charge on any atom is 0.224 e. The first kappa shape index (κ1) is 10.4. The zero-order chi connectivity index (χ0) is 11.0. The number of hydrogen-bond acceptors (Lipinski definition) is 4. The van der Waals surface area contributed by atoms with Gasteiger partial charge in [0.25, 0.3) is 0 Å². The number of nitrogens with zero attached hydrogens (tertiary/aromatic N) is 3. The van der Waals surface area contributed by atoms with Gasteiger partial charge in [0.15, 0.2) is 5.78 Å². The molecule has 0 amide bonds. The van der Waals surface area contributed by atoms with Crippen LogP contribution in [0.4, 0.5) is 5.82 Å². The van der Waals surface area contributed by atoms with Crippen LogP contribution in [0, 0.1) is 0 Å². The molecule has 1 aliphatic rings. The average molecular weight is 226 g/mol. The second-order valence-electron chi connectivity index (χ2n) is 3.92. The van der Waals surface area contributed by atoms with Crippen molar-refractivity contribution in [1.82, 2.24) is 9.97 Å². The predicted molar refractivity (Wildman–Crippen MR) is 58.2 cm³/mol. The Hall–Kier alpha value is -1.16. The molecule has 5 heteroatoms. The zero-order valence-electron chi connectivity index (χ0n) is 8.70. The molecule has 0 bridgehead atoms. The second-order valence-corrected chi connectivity index (χ2v) is 4.26. The van der Waals surface area contributed by atoms with Crippen molar-refractivity contribution in [2.24, 2.45) is 0 Å². The molecule has 0 unspecified atom stereocenters. The van der Waals surface area contributed by atoms with Crippen LogP contribution in [0.25, 0.3) is 0 Å². The average Bonchev–Trinajstić information content (AvgIpc) is 2.17. The highest BCUT2D eigenvalue weighted by atomic mass is 35.5. The van der Waals surface area contributed by atoms with Crippen LogP contribution in [0.1, 0.15) is 19.4 Å². The van der Waals surface area contributed by atoms with E-state index >= 15 is 0 Å². The Balaban J connectivity index is 2.47. The van der Waals surface area contributed by atoms with Gasteiger partial charge in [-0.25, -0.2) is 9.97 Å². The van der Waals surface area contributed by atoms with Crippen LogP contribution in [0.2, 0.25) is 5.28 Å². The zero-order valence-corrected chi connectivity index (χ0v) is 9.45. The van der Waals surface area contributed by atoms with Gasteiger partial charge >= 0.3 is 0 Å². The van der Waals surface area contributed by atoms with Crippen molar-refractivity contribution in [2.45, 2.75) is 26.3 Å². The van der Waals surface area contributed by atoms with Crippen LogP contribution in [-0.2, 0) is 11.2 Å². The van der Waals surface area contributed by atoms with Gasteiger partial charge in [0.05, 0.1) is 6.54 Å². The predicted octanol–water partition coefficient (Wildman–Crippen LogP) is 1.47. The lowest BCUT2D eigenvalue weighted by atomic mass is 10.1. The van der Waals surface area contributed by atoms with Gasteiger partial charge in [0, 0.05) is 24.2 Å². The minimum atomic E-state index is 0.196. The topological polar surface area (TPSA) is 46.1 Å². The Morgan fingerprint density at radius 3 is 2.93 bits per heavy atom. The first-order valence-electron chi connectivity index (χ1n) is 4.87. The molecule has 1 aromatic rings. The van der Waals surface area contributed by atoms with Gasteiger partial charge in [-0.05, 0) is 25.4 Å². The summed E-state index contributed by atoms with van der Waals surface area (Å²) >= 11 is 5.75. The van der Waals surface area contributed by atoms with E-state index in [4.69, 9.17) is 11.6 Å². The highest BCUT2D eigenvalue weighted by Crippen LogP contribution is 2.25. The van der Waals surface area contributed by atoms with E-state index in [1.165, 1.54) is 0 Å². The first-order valence-corrected chi connectivity index (χ1v) is 5.25. The molecule has 4 nitrogen and oxygen atoms in total. The molecule has 0 N–H and O–H groups in total. The highest BCUT2D eigenvalue weighted by molar-refractivity contribution is 6.28. The number of aromatic nitrogens is 2. The standard InChI is InChI=1S/C10H12ClN3O/c1-6(2)14-5-8(15)3-7-4-12-10(11)13-9(7)14/h4,6H,3,5H2,1-2H3. The Bertz CT molecular complexity index is 406. The maximum atomic E-state index is 11.5. The lowest BCUT2D eigenvalue weighted by Gasteiger charge is -2.32. The van der Waals surface area contributed by atoms with Crippen molar-refractivity contribution in [2.75, 3.05) is 11.4 Å². The van der Waals surface area contributed by atoms with E-state index in [1.807, 2.05) is 18.7 Å². The van der Waals surface area contributed by atoms with Gasteiger partial charge < -0.3 is 4.90 Å². The Labute approximate surface area is 93.3 Å². The summed E-state index contributed by atoms with van der Waals surface area (Å²) in [4.78, 5) is 21.5. The fourth-order valence-electron chi connectivity index (χ4n) is 1.71. The Morgan fingerprint density at radius 2 is 2.27 bits per heavy atom. The fourth-order valence-corrected chi connectivity index (χ4v) is 1.84.